The van der Waals surface area contributed by atoms with Gasteiger partial charge in [-0.2, -0.15) is 0 Å². The molecule has 0 aliphatic heterocycles. The molecule has 1 atom stereocenters. The second-order valence-corrected chi connectivity index (χ2v) is 6.28. The zero-order valence-electron chi connectivity index (χ0n) is 14.5. The average Bonchev–Trinajstić information content (AvgIpc) is 3.08. The molecule has 0 amide bonds. The Morgan fingerprint density at radius 3 is 2.27 bits per heavy atom. The van der Waals surface area contributed by atoms with Crippen molar-refractivity contribution in [1.82, 2.24) is 15.0 Å². The summed E-state index contributed by atoms with van der Waals surface area (Å²) >= 11 is 0. The number of aromatic amines is 1. The highest BCUT2D eigenvalue weighted by Crippen LogP contribution is 2.40. The van der Waals surface area contributed by atoms with Gasteiger partial charge in [0.1, 0.15) is 17.8 Å². The molecular formula is C21H20N4O. The smallest absolute Gasteiger partial charge is 0.143 e. The van der Waals surface area contributed by atoms with E-state index in [0.29, 0.717) is 12.4 Å². The molecule has 1 unspecified atom stereocenters. The van der Waals surface area contributed by atoms with Gasteiger partial charge >= 0.3 is 0 Å². The Kier molecular flexibility index (Phi) is 4.37. The topological polar surface area (TPSA) is 73.8 Å². The second-order valence-electron chi connectivity index (χ2n) is 6.28. The number of aliphatic hydroxyl groups is 1. The lowest BCUT2D eigenvalue weighted by molar-refractivity contribution is 0.208. The molecule has 26 heavy (non-hydrogen) atoms. The Bertz CT molecular complexity index is 1010. The Balaban J connectivity index is 1.99. The first-order valence-corrected chi connectivity index (χ1v) is 8.63. The Morgan fingerprint density at radius 1 is 0.962 bits per heavy atom. The number of rotatable bonds is 5. The minimum atomic E-state index is -0.465. The third-order valence-corrected chi connectivity index (χ3v) is 4.28. The van der Waals surface area contributed by atoms with Gasteiger partial charge in [0.05, 0.1) is 17.2 Å². The van der Waals surface area contributed by atoms with Gasteiger partial charge in [0.2, 0.25) is 0 Å². The van der Waals surface area contributed by atoms with Crippen molar-refractivity contribution in [3.8, 4) is 22.4 Å². The van der Waals surface area contributed by atoms with Gasteiger partial charge < -0.3 is 15.4 Å². The third kappa shape index (κ3) is 3.05. The number of aromatic nitrogens is 3. The van der Waals surface area contributed by atoms with E-state index in [0.717, 1.165) is 33.4 Å². The fraction of sp³-hybridized carbons (Fsp3) is 0.143. The monoisotopic (exact) mass is 344 g/mol. The lowest BCUT2D eigenvalue weighted by Crippen LogP contribution is -2.16. The number of hydrogen-bond acceptors (Lipinski definition) is 4. The highest BCUT2D eigenvalue weighted by molar-refractivity contribution is 6.07. The summed E-state index contributed by atoms with van der Waals surface area (Å²) in [6, 6.07) is 20.4. The molecule has 0 saturated heterocycles. The van der Waals surface area contributed by atoms with Crippen LogP contribution in [0, 0.1) is 0 Å². The maximum atomic E-state index is 9.64. The molecule has 2 aromatic carbocycles. The molecule has 4 rings (SSSR count). The largest absolute Gasteiger partial charge is 0.392 e. The number of aliphatic hydroxyl groups excluding tert-OH is 1. The van der Waals surface area contributed by atoms with Crippen LogP contribution in [0.3, 0.4) is 0 Å². The Hall–Kier alpha value is -3.18. The van der Waals surface area contributed by atoms with Crippen molar-refractivity contribution in [3.05, 3.63) is 67.0 Å². The van der Waals surface area contributed by atoms with Crippen LogP contribution in [0.2, 0.25) is 0 Å². The number of benzene rings is 2. The van der Waals surface area contributed by atoms with Gasteiger partial charge in [-0.3, -0.25) is 0 Å². The van der Waals surface area contributed by atoms with Gasteiger partial charge in [-0.25, -0.2) is 9.97 Å². The summed E-state index contributed by atoms with van der Waals surface area (Å²) in [6.45, 7) is 2.17. The van der Waals surface area contributed by atoms with Crippen molar-refractivity contribution in [3.63, 3.8) is 0 Å². The minimum absolute atomic E-state index is 0.423. The predicted molar refractivity (Wildman–Crippen MR) is 105 cm³/mol. The minimum Gasteiger partial charge on any atom is -0.392 e. The van der Waals surface area contributed by atoms with Crippen LogP contribution in [-0.2, 0) is 0 Å². The standard InChI is InChI=1S/C21H20N4O/c1-14(26)12-22-20-18-17(15-8-4-2-5-9-15)19(16-10-6-3-7-11-16)25-21(18)24-13-23-20/h2-11,13-14,26H,12H2,1H3,(H2,22,23,24,25). The molecule has 2 aromatic heterocycles. The summed E-state index contributed by atoms with van der Waals surface area (Å²) in [6.07, 6.45) is 1.07. The molecule has 0 saturated carbocycles. The molecule has 0 aliphatic carbocycles. The summed E-state index contributed by atoms with van der Waals surface area (Å²) in [7, 11) is 0. The van der Waals surface area contributed by atoms with E-state index in [2.05, 4.69) is 44.5 Å². The SMILES string of the molecule is CC(O)CNc1ncnc2[nH]c(-c3ccccc3)c(-c3ccccc3)c12. The van der Waals surface area contributed by atoms with E-state index in [1.54, 1.807) is 6.92 Å². The first kappa shape index (κ1) is 16.3. The molecule has 3 N–H and O–H groups in total. The number of nitrogens with zero attached hydrogens (tertiary/aromatic N) is 2. The highest BCUT2D eigenvalue weighted by atomic mass is 16.3. The van der Waals surface area contributed by atoms with Gasteiger partial charge in [0.25, 0.3) is 0 Å². The maximum absolute atomic E-state index is 9.64. The zero-order chi connectivity index (χ0) is 17.9. The van der Waals surface area contributed by atoms with Gasteiger partial charge in [-0.1, -0.05) is 60.7 Å². The summed E-state index contributed by atoms with van der Waals surface area (Å²) in [5, 5.41) is 13.8. The van der Waals surface area contributed by atoms with Crippen LogP contribution in [0.1, 0.15) is 6.92 Å². The zero-order valence-corrected chi connectivity index (χ0v) is 14.5. The number of nitrogens with one attached hydrogen (secondary N) is 2. The molecule has 4 aromatic rings. The number of H-pyrrole nitrogens is 1. The molecule has 5 heteroatoms. The Morgan fingerprint density at radius 2 is 1.62 bits per heavy atom. The normalized spacial score (nSPS) is 12.2. The van der Waals surface area contributed by atoms with Crippen LogP contribution in [-0.4, -0.2) is 32.7 Å². The fourth-order valence-corrected chi connectivity index (χ4v) is 3.12. The summed E-state index contributed by atoms with van der Waals surface area (Å²) in [5.74, 6) is 0.716. The van der Waals surface area contributed by atoms with E-state index in [1.807, 2.05) is 36.4 Å². The molecule has 0 spiro atoms. The van der Waals surface area contributed by atoms with E-state index < -0.39 is 6.10 Å². The highest BCUT2D eigenvalue weighted by Gasteiger charge is 2.19. The first-order chi connectivity index (χ1) is 12.7. The van der Waals surface area contributed by atoms with Gasteiger partial charge in [-0.05, 0) is 18.1 Å². The van der Waals surface area contributed by atoms with Crippen LogP contribution >= 0.6 is 0 Å². The quantitative estimate of drug-likeness (QED) is 0.510. The van der Waals surface area contributed by atoms with E-state index in [1.165, 1.54) is 6.33 Å². The molecule has 0 bridgehead atoms. The molecule has 130 valence electrons. The van der Waals surface area contributed by atoms with Crippen LogP contribution in [0.15, 0.2) is 67.0 Å². The molecule has 0 fully saturated rings. The van der Waals surface area contributed by atoms with Crippen LogP contribution in [0.4, 0.5) is 5.82 Å². The molecular weight excluding hydrogens is 324 g/mol. The lowest BCUT2D eigenvalue weighted by Gasteiger charge is -2.10. The van der Waals surface area contributed by atoms with Crippen molar-refractivity contribution in [2.45, 2.75) is 13.0 Å². The van der Waals surface area contributed by atoms with Crippen LogP contribution in [0.5, 0.6) is 0 Å². The summed E-state index contributed by atoms with van der Waals surface area (Å²) in [5.41, 5.74) is 5.01. The van der Waals surface area contributed by atoms with Gasteiger partial charge in [-0.15, -0.1) is 0 Å². The number of fused-ring (bicyclic) bond motifs is 1. The number of anilines is 1. The van der Waals surface area contributed by atoms with Crippen molar-refractivity contribution in [2.24, 2.45) is 0 Å². The van der Waals surface area contributed by atoms with Gasteiger partial charge in [0.15, 0.2) is 0 Å². The van der Waals surface area contributed by atoms with Crippen molar-refractivity contribution in [1.29, 1.82) is 0 Å². The van der Waals surface area contributed by atoms with E-state index in [9.17, 15) is 5.11 Å². The van der Waals surface area contributed by atoms with E-state index in [-0.39, 0.29) is 0 Å². The molecule has 0 radical (unpaired) electrons. The lowest BCUT2D eigenvalue weighted by atomic mass is 9.99. The van der Waals surface area contributed by atoms with Crippen molar-refractivity contribution in [2.75, 3.05) is 11.9 Å². The molecule has 5 nitrogen and oxygen atoms in total. The summed E-state index contributed by atoms with van der Waals surface area (Å²) in [4.78, 5) is 12.3. The van der Waals surface area contributed by atoms with Gasteiger partial charge in [0, 0.05) is 12.1 Å². The van der Waals surface area contributed by atoms with E-state index in [4.69, 9.17) is 0 Å². The van der Waals surface area contributed by atoms with E-state index >= 15 is 0 Å². The number of hydrogen-bond donors (Lipinski definition) is 3. The fourth-order valence-electron chi connectivity index (χ4n) is 3.12. The van der Waals surface area contributed by atoms with Crippen LogP contribution < -0.4 is 5.32 Å². The molecule has 2 heterocycles. The maximum Gasteiger partial charge on any atom is 0.143 e. The van der Waals surface area contributed by atoms with Crippen molar-refractivity contribution >= 4 is 16.9 Å². The average molecular weight is 344 g/mol. The predicted octanol–water partition coefficient (Wildman–Crippen LogP) is 4.08. The second kappa shape index (κ2) is 6.98. The molecule has 0 aliphatic rings. The first-order valence-electron chi connectivity index (χ1n) is 8.63. The Labute approximate surface area is 151 Å². The third-order valence-electron chi connectivity index (χ3n) is 4.28. The summed E-state index contributed by atoms with van der Waals surface area (Å²) < 4.78 is 0. The van der Waals surface area contributed by atoms with Crippen LogP contribution in [0.25, 0.3) is 33.4 Å². The van der Waals surface area contributed by atoms with Crippen molar-refractivity contribution < 1.29 is 5.11 Å².